The first-order chi connectivity index (χ1) is 32.2. The van der Waals surface area contributed by atoms with Crippen LogP contribution in [-0.4, -0.2) is 12.2 Å². The number of hydrogen-bond acceptors (Lipinski definition) is 4. The summed E-state index contributed by atoms with van der Waals surface area (Å²) in [6.45, 7) is 0. The number of furan rings is 1. The summed E-state index contributed by atoms with van der Waals surface area (Å²) in [6.07, 6.45) is 12.5. The Balaban J connectivity index is 0.830. The molecule has 0 fully saturated rings. The minimum Gasteiger partial charge on any atom is -0.478 e. The molecule has 65 heavy (non-hydrogen) atoms. The van der Waals surface area contributed by atoms with E-state index < -0.39 is 5.41 Å². The van der Waals surface area contributed by atoms with E-state index in [0.29, 0.717) is 0 Å². The fraction of sp³-hybridized carbons (Fsp3) is 0.0820. The third-order valence-corrected chi connectivity index (χ3v) is 14.3. The van der Waals surface area contributed by atoms with Crippen molar-refractivity contribution in [1.29, 1.82) is 0 Å². The number of hydrogen-bond donors (Lipinski definition) is 0. The Morgan fingerprint density at radius 1 is 0.508 bits per heavy atom. The van der Waals surface area contributed by atoms with Crippen molar-refractivity contribution >= 4 is 33.3 Å². The highest BCUT2D eigenvalue weighted by atomic mass is 16.6. The van der Waals surface area contributed by atoms with Gasteiger partial charge in [0, 0.05) is 27.8 Å². The van der Waals surface area contributed by atoms with Crippen LogP contribution in [0.2, 0.25) is 0 Å². The molecule has 0 saturated heterocycles. The summed E-state index contributed by atoms with van der Waals surface area (Å²) >= 11 is 0. The van der Waals surface area contributed by atoms with Crippen LogP contribution >= 0.6 is 0 Å². The molecule has 1 aromatic heterocycles. The molecule has 0 saturated carbocycles. The highest BCUT2D eigenvalue weighted by Crippen LogP contribution is 2.64. The van der Waals surface area contributed by atoms with Crippen LogP contribution in [0.4, 0.5) is 11.4 Å². The normalized spacial score (nSPS) is 18.0. The molecule has 2 unspecified atom stereocenters. The number of para-hydroxylation sites is 2. The van der Waals surface area contributed by atoms with Crippen LogP contribution in [0.15, 0.2) is 234 Å². The molecule has 0 bridgehead atoms. The van der Waals surface area contributed by atoms with E-state index in [2.05, 4.69) is 205 Å². The monoisotopic (exact) mass is 835 g/mol. The lowest BCUT2D eigenvalue weighted by atomic mass is 9.70. The van der Waals surface area contributed by atoms with Gasteiger partial charge in [0.05, 0.1) is 5.41 Å². The van der Waals surface area contributed by atoms with E-state index >= 15 is 0 Å². The number of nitrogens with zero attached hydrogens (tertiary/aromatic N) is 1. The summed E-state index contributed by atoms with van der Waals surface area (Å²) < 4.78 is 20.4. The second-order valence-electron chi connectivity index (χ2n) is 17.7. The molecule has 2 heterocycles. The van der Waals surface area contributed by atoms with Crippen molar-refractivity contribution in [2.24, 2.45) is 0 Å². The predicted octanol–water partition coefficient (Wildman–Crippen LogP) is 15.0. The molecule has 0 N–H and O–H groups in total. The van der Waals surface area contributed by atoms with Gasteiger partial charge in [0.15, 0.2) is 23.7 Å². The molecular formula is C61H41NO3. The Kier molecular flexibility index (Phi) is 7.82. The largest absolute Gasteiger partial charge is 0.478 e. The van der Waals surface area contributed by atoms with Gasteiger partial charge in [-0.3, -0.25) is 0 Å². The smallest absolute Gasteiger partial charge is 0.165 e. The fourth-order valence-electron chi connectivity index (χ4n) is 11.6. The van der Waals surface area contributed by atoms with E-state index in [-0.39, 0.29) is 12.2 Å². The third-order valence-electron chi connectivity index (χ3n) is 14.3. The van der Waals surface area contributed by atoms with Crippen molar-refractivity contribution < 1.29 is 13.9 Å². The van der Waals surface area contributed by atoms with Crippen molar-refractivity contribution in [3.63, 3.8) is 0 Å². The molecular weight excluding hydrogens is 795 g/mol. The maximum atomic E-state index is 7.19. The molecule has 1 spiro atoms. The Morgan fingerprint density at radius 2 is 1.17 bits per heavy atom. The lowest BCUT2D eigenvalue weighted by Gasteiger charge is -2.38. The maximum Gasteiger partial charge on any atom is 0.165 e. The van der Waals surface area contributed by atoms with Gasteiger partial charge in [0.25, 0.3) is 0 Å². The van der Waals surface area contributed by atoms with Crippen LogP contribution in [0.1, 0.15) is 35.1 Å². The molecule has 4 nitrogen and oxygen atoms in total. The quantitative estimate of drug-likeness (QED) is 0.173. The lowest BCUT2D eigenvalue weighted by molar-refractivity contribution is 0.0694. The predicted molar refractivity (Wildman–Crippen MR) is 262 cm³/mol. The lowest BCUT2D eigenvalue weighted by Crippen LogP contribution is -2.42. The van der Waals surface area contributed by atoms with E-state index in [1.54, 1.807) is 0 Å². The van der Waals surface area contributed by atoms with E-state index in [9.17, 15) is 0 Å². The molecule has 4 aliphatic carbocycles. The number of allylic oxidation sites excluding steroid dienone is 4. The average molecular weight is 836 g/mol. The maximum absolute atomic E-state index is 7.19. The number of rotatable bonds is 5. The zero-order chi connectivity index (χ0) is 42.6. The molecule has 0 amide bonds. The summed E-state index contributed by atoms with van der Waals surface area (Å²) in [6, 6.07) is 65.6. The van der Waals surface area contributed by atoms with Crippen molar-refractivity contribution in [1.82, 2.24) is 0 Å². The first-order valence-corrected chi connectivity index (χ1v) is 22.7. The van der Waals surface area contributed by atoms with Crippen molar-refractivity contribution in [3.05, 3.63) is 251 Å². The first-order valence-electron chi connectivity index (χ1n) is 22.7. The molecule has 14 rings (SSSR count). The number of ether oxygens (including phenoxy) is 2. The second-order valence-corrected chi connectivity index (χ2v) is 17.7. The van der Waals surface area contributed by atoms with Crippen LogP contribution < -0.4 is 14.4 Å². The van der Waals surface area contributed by atoms with Crippen LogP contribution in [-0.2, 0) is 5.41 Å². The zero-order valence-corrected chi connectivity index (χ0v) is 35.4. The highest BCUT2D eigenvalue weighted by Gasteiger charge is 2.52. The van der Waals surface area contributed by atoms with Gasteiger partial charge in [-0.1, -0.05) is 146 Å². The topological polar surface area (TPSA) is 34.8 Å². The average Bonchev–Trinajstić information content (AvgIpc) is 3.99. The standard InChI is InChI=1S/C61H41NO3/c1-2-17-41(18-3-1)62(42-19-12-15-38(33-42)39-31-32-56-50(35-39)48-24-7-11-29-55(48)63-56)43-20-13-16-40(34-43)44-25-14-30-57-60(44)65-58-36-49-47-23-6-10-28-53(47)61(54(49)37-59(58)64-57)51-26-8-4-21-45(51)46-22-5-9-27-52(46)61/h1-12,14-15,17-37,57,60H,13,16H2. The SMILES string of the molecule is C1=CC2Oc3cc4c(cc3OC2C(C2=CC(N(c3ccccc3)c3cccc(-c5ccc6oc7ccccc7c6c5)c3)=CCC2)=C1)-c1ccccc1C41c2ccccc2-c2ccccc21. The van der Waals surface area contributed by atoms with Crippen LogP contribution in [0.5, 0.6) is 11.5 Å². The Morgan fingerprint density at radius 3 is 1.97 bits per heavy atom. The number of benzene rings is 8. The van der Waals surface area contributed by atoms with Crippen molar-refractivity contribution in [2.75, 3.05) is 4.90 Å². The van der Waals surface area contributed by atoms with Gasteiger partial charge in [0.1, 0.15) is 11.2 Å². The van der Waals surface area contributed by atoms with Gasteiger partial charge in [-0.2, -0.15) is 0 Å². The zero-order valence-electron chi connectivity index (χ0n) is 35.4. The molecule has 9 aromatic rings. The first kappa shape index (κ1) is 36.4. The van der Waals surface area contributed by atoms with Gasteiger partial charge in [-0.15, -0.1) is 0 Å². The minimum atomic E-state index is -0.441. The van der Waals surface area contributed by atoms with E-state index in [1.165, 1.54) is 50.1 Å². The van der Waals surface area contributed by atoms with Gasteiger partial charge in [0.2, 0.25) is 0 Å². The van der Waals surface area contributed by atoms with Crippen LogP contribution in [0, 0.1) is 0 Å². The molecule has 0 radical (unpaired) electrons. The van der Waals surface area contributed by atoms with E-state index in [1.807, 2.05) is 12.1 Å². The second kappa shape index (κ2) is 14.0. The molecule has 2 atom stereocenters. The highest BCUT2D eigenvalue weighted by molar-refractivity contribution is 6.06. The molecule has 308 valence electrons. The minimum absolute atomic E-state index is 0.273. The summed E-state index contributed by atoms with van der Waals surface area (Å²) in [5, 5.41) is 2.25. The molecule has 8 aromatic carbocycles. The Bertz CT molecular complexity index is 3540. The molecule has 1 aliphatic heterocycles. The van der Waals surface area contributed by atoms with Gasteiger partial charge in [-0.25, -0.2) is 0 Å². The van der Waals surface area contributed by atoms with Gasteiger partial charge >= 0.3 is 0 Å². The Hall–Kier alpha value is -8.08. The Labute approximate surface area is 377 Å². The van der Waals surface area contributed by atoms with Crippen LogP contribution in [0.3, 0.4) is 0 Å². The summed E-state index contributed by atoms with van der Waals surface area (Å²) in [5.74, 6) is 1.58. The number of anilines is 2. The van der Waals surface area contributed by atoms with Crippen LogP contribution in [0.25, 0.3) is 55.3 Å². The van der Waals surface area contributed by atoms with Crippen molar-refractivity contribution in [3.8, 4) is 44.9 Å². The number of fused-ring (bicyclic) bond motifs is 15. The van der Waals surface area contributed by atoms with Gasteiger partial charge in [-0.05, 0) is 146 Å². The summed E-state index contributed by atoms with van der Waals surface area (Å²) in [4.78, 5) is 2.38. The molecule has 4 heteroatoms. The van der Waals surface area contributed by atoms with E-state index in [0.717, 1.165) is 80.1 Å². The third kappa shape index (κ3) is 5.31. The fourth-order valence-corrected chi connectivity index (χ4v) is 11.6. The molecule has 5 aliphatic rings. The summed E-state index contributed by atoms with van der Waals surface area (Å²) in [7, 11) is 0. The summed E-state index contributed by atoms with van der Waals surface area (Å²) in [5.41, 5.74) is 19.6. The van der Waals surface area contributed by atoms with Crippen molar-refractivity contribution in [2.45, 2.75) is 30.5 Å². The van der Waals surface area contributed by atoms with Gasteiger partial charge < -0.3 is 18.8 Å². The van der Waals surface area contributed by atoms with E-state index in [4.69, 9.17) is 13.9 Å².